The van der Waals surface area contributed by atoms with Gasteiger partial charge in [0.25, 0.3) is 0 Å². The Morgan fingerprint density at radius 3 is 2.62 bits per heavy atom. The highest BCUT2D eigenvalue weighted by Crippen LogP contribution is 2.44. The number of hydrogen-bond donors (Lipinski definition) is 3. The molecule has 0 spiro atoms. The zero-order valence-corrected chi connectivity index (χ0v) is 20.1. The number of ketones is 1. The highest BCUT2D eigenvalue weighted by Gasteiger charge is 2.44. The van der Waals surface area contributed by atoms with E-state index < -0.39 is 12.4 Å². The number of rotatable bonds is 5. The largest absolute Gasteiger partial charge is 0.387 e. The average molecular weight is 505 g/mol. The van der Waals surface area contributed by atoms with Crippen molar-refractivity contribution < 1.29 is 19.1 Å². The molecule has 6 rings (SSSR count). The molecule has 4 N–H and O–H groups in total. The Hall–Kier alpha value is -4.19. The van der Waals surface area contributed by atoms with Crippen LogP contribution >= 0.6 is 0 Å². The van der Waals surface area contributed by atoms with E-state index >= 15 is 0 Å². The molecule has 1 unspecified atom stereocenters. The predicted octanol–water partition coefficient (Wildman–Crippen LogP) is 2.33. The number of piperidine rings is 1. The van der Waals surface area contributed by atoms with Crippen molar-refractivity contribution in [1.82, 2.24) is 34.7 Å². The fraction of sp³-hybridized carbons (Fsp3) is 0.360. The van der Waals surface area contributed by atoms with Gasteiger partial charge in [-0.2, -0.15) is 14.7 Å². The number of aromatic amines is 1. The van der Waals surface area contributed by atoms with Crippen LogP contribution in [0.25, 0.3) is 28.2 Å². The summed E-state index contributed by atoms with van der Waals surface area (Å²) in [4.78, 5) is 36.0. The molecular weight excluding hydrogens is 479 g/mol. The van der Waals surface area contributed by atoms with Crippen molar-refractivity contribution in [2.75, 3.05) is 12.3 Å². The van der Waals surface area contributed by atoms with E-state index in [0.29, 0.717) is 46.6 Å². The average Bonchev–Trinajstić information content (AvgIpc) is 3.61. The molecule has 2 saturated heterocycles. The third kappa shape index (κ3) is 3.67. The number of halogens is 1. The normalized spacial score (nSPS) is 21.1. The summed E-state index contributed by atoms with van der Waals surface area (Å²) in [5.41, 5.74) is 9.33. The van der Waals surface area contributed by atoms with Crippen molar-refractivity contribution in [3.63, 3.8) is 0 Å². The fourth-order valence-corrected chi connectivity index (χ4v) is 5.95. The number of H-pyrrole nitrogens is 1. The van der Waals surface area contributed by atoms with Gasteiger partial charge in [-0.1, -0.05) is 0 Å². The van der Waals surface area contributed by atoms with Gasteiger partial charge < -0.3 is 15.7 Å². The summed E-state index contributed by atoms with van der Waals surface area (Å²) < 4.78 is 16.4. The van der Waals surface area contributed by atoms with Crippen molar-refractivity contribution in [3.8, 4) is 22.5 Å². The standard InChI is InChI=1S/C25H25FN8O3/c1-12(36)21-22(13-6-15-2-3-16(7-13)33(15)20(37)11-35)31-25-17(10-30-34(25)24(21)27)14-8-18(26)23(28-9-14)19-4-5-29-32-19/h4-5,8-10,13,15-16,35H,2-3,6-7,11,27H2,1H3,(H,29,32)/t13?,15-,16+. The second kappa shape index (κ2) is 8.73. The van der Waals surface area contributed by atoms with Crippen LogP contribution in [0.3, 0.4) is 0 Å². The van der Waals surface area contributed by atoms with Crippen LogP contribution in [0.2, 0.25) is 0 Å². The lowest BCUT2D eigenvalue weighted by Gasteiger charge is -2.39. The van der Waals surface area contributed by atoms with E-state index in [1.807, 2.05) is 0 Å². The van der Waals surface area contributed by atoms with Gasteiger partial charge >= 0.3 is 0 Å². The Bertz CT molecular complexity index is 1520. The summed E-state index contributed by atoms with van der Waals surface area (Å²) in [6, 6.07) is 2.93. The van der Waals surface area contributed by atoms with Crippen LogP contribution in [0.4, 0.5) is 10.2 Å². The topological polar surface area (TPSA) is 155 Å². The number of pyridine rings is 1. The molecular formula is C25H25FN8O3. The van der Waals surface area contributed by atoms with Crippen molar-refractivity contribution >= 4 is 23.2 Å². The minimum absolute atomic E-state index is 0.0276. The van der Waals surface area contributed by atoms with Crippen LogP contribution < -0.4 is 5.73 Å². The number of Topliss-reactive ketones (excluding diaryl/α,β-unsaturated/α-hetero) is 1. The number of carbonyl (C=O) groups excluding carboxylic acids is 2. The zero-order chi connectivity index (χ0) is 25.8. The maximum absolute atomic E-state index is 15.0. The highest BCUT2D eigenvalue weighted by atomic mass is 19.1. The minimum Gasteiger partial charge on any atom is -0.387 e. The molecule has 2 bridgehead atoms. The molecule has 4 aromatic rings. The molecule has 4 aromatic heterocycles. The second-order valence-corrected chi connectivity index (χ2v) is 9.64. The van der Waals surface area contributed by atoms with Gasteiger partial charge in [-0.05, 0) is 44.7 Å². The molecule has 0 aliphatic carbocycles. The van der Waals surface area contributed by atoms with E-state index in [2.05, 4.69) is 20.3 Å². The fourth-order valence-electron chi connectivity index (χ4n) is 5.95. The number of nitrogens with zero attached hydrogens (tertiary/aromatic N) is 6. The van der Waals surface area contributed by atoms with Crippen LogP contribution in [-0.2, 0) is 4.79 Å². The Morgan fingerprint density at radius 1 is 1.24 bits per heavy atom. The molecule has 2 fully saturated rings. The molecule has 37 heavy (non-hydrogen) atoms. The van der Waals surface area contributed by atoms with Crippen molar-refractivity contribution in [1.29, 1.82) is 0 Å². The van der Waals surface area contributed by atoms with E-state index in [1.54, 1.807) is 11.0 Å². The minimum atomic E-state index is -0.535. The van der Waals surface area contributed by atoms with Crippen LogP contribution in [0.5, 0.6) is 0 Å². The van der Waals surface area contributed by atoms with E-state index in [1.165, 1.54) is 36.1 Å². The number of aromatic nitrogens is 6. The number of fused-ring (bicyclic) bond motifs is 3. The molecule has 0 radical (unpaired) electrons. The Balaban J connectivity index is 1.44. The van der Waals surface area contributed by atoms with Gasteiger partial charge in [-0.3, -0.25) is 19.7 Å². The molecule has 1 amide bonds. The highest BCUT2D eigenvalue weighted by molar-refractivity contribution is 6.00. The molecule has 11 nitrogen and oxygen atoms in total. The van der Waals surface area contributed by atoms with E-state index in [0.717, 1.165) is 12.8 Å². The van der Waals surface area contributed by atoms with Gasteiger partial charge in [0.2, 0.25) is 5.91 Å². The molecule has 190 valence electrons. The summed E-state index contributed by atoms with van der Waals surface area (Å²) >= 11 is 0. The van der Waals surface area contributed by atoms with Gasteiger partial charge in [0.15, 0.2) is 17.2 Å². The molecule has 0 saturated carbocycles. The Kier molecular flexibility index (Phi) is 5.48. The molecule has 2 aliphatic rings. The number of nitrogens with one attached hydrogen (secondary N) is 1. The maximum atomic E-state index is 15.0. The van der Waals surface area contributed by atoms with Crippen LogP contribution in [-0.4, -0.2) is 70.2 Å². The second-order valence-electron chi connectivity index (χ2n) is 9.64. The summed E-state index contributed by atoms with van der Waals surface area (Å²) in [5, 5.41) is 20.3. The first kappa shape index (κ1) is 23.2. The number of nitrogen functional groups attached to an aromatic ring is 1. The van der Waals surface area contributed by atoms with E-state index in [-0.39, 0.29) is 41.2 Å². The monoisotopic (exact) mass is 504 g/mol. The number of carbonyl (C=O) groups is 2. The number of nitrogens with two attached hydrogens (primary N) is 1. The lowest BCUT2D eigenvalue weighted by Crippen LogP contribution is -2.47. The summed E-state index contributed by atoms with van der Waals surface area (Å²) in [5.74, 6) is -0.968. The first-order valence-electron chi connectivity index (χ1n) is 12.1. The predicted molar refractivity (Wildman–Crippen MR) is 131 cm³/mol. The van der Waals surface area contributed by atoms with Gasteiger partial charge in [0, 0.05) is 41.5 Å². The maximum Gasteiger partial charge on any atom is 0.248 e. The Morgan fingerprint density at radius 2 is 2.00 bits per heavy atom. The number of aliphatic hydroxyl groups excluding tert-OH is 1. The van der Waals surface area contributed by atoms with Crippen molar-refractivity contribution in [2.24, 2.45) is 0 Å². The third-order valence-corrected chi connectivity index (χ3v) is 7.51. The van der Waals surface area contributed by atoms with Gasteiger partial charge in [0.1, 0.15) is 18.1 Å². The van der Waals surface area contributed by atoms with Crippen LogP contribution in [0, 0.1) is 5.82 Å². The number of anilines is 1. The Labute approximate surface area is 210 Å². The third-order valence-electron chi connectivity index (χ3n) is 7.51. The first-order valence-corrected chi connectivity index (χ1v) is 12.1. The zero-order valence-electron chi connectivity index (χ0n) is 20.1. The smallest absolute Gasteiger partial charge is 0.248 e. The number of hydrogen-bond acceptors (Lipinski definition) is 8. The molecule has 2 aliphatic heterocycles. The number of aliphatic hydroxyl groups is 1. The van der Waals surface area contributed by atoms with Crippen molar-refractivity contribution in [3.05, 3.63) is 47.8 Å². The summed E-state index contributed by atoms with van der Waals surface area (Å²) in [6.07, 6.45) is 7.49. The van der Waals surface area contributed by atoms with Gasteiger partial charge in [-0.15, -0.1) is 0 Å². The first-order chi connectivity index (χ1) is 17.9. The molecule has 0 aromatic carbocycles. The molecule has 12 heteroatoms. The van der Waals surface area contributed by atoms with E-state index in [9.17, 15) is 19.1 Å². The number of amides is 1. The van der Waals surface area contributed by atoms with Crippen LogP contribution in [0.15, 0.2) is 30.7 Å². The van der Waals surface area contributed by atoms with Crippen LogP contribution in [0.1, 0.15) is 54.6 Å². The van der Waals surface area contributed by atoms with Gasteiger partial charge in [-0.25, -0.2) is 9.37 Å². The SMILES string of the molecule is CC(=O)c1c(C2C[C@H]3CC[C@@H](C2)N3C(=O)CO)nc2c(-c3cnc(-c4ccn[nH]4)c(F)c3)cnn2c1N. The van der Waals surface area contributed by atoms with Gasteiger partial charge in [0.05, 0.1) is 23.1 Å². The molecule has 3 atom stereocenters. The quantitative estimate of drug-likeness (QED) is 0.350. The lowest BCUT2D eigenvalue weighted by molar-refractivity contribution is -0.138. The van der Waals surface area contributed by atoms with Crippen molar-refractivity contribution in [2.45, 2.75) is 50.6 Å². The lowest BCUT2D eigenvalue weighted by atomic mass is 9.85. The summed E-state index contributed by atoms with van der Waals surface area (Å²) in [6.45, 7) is 0.927. The molecule has 6 heterocycles. The summed E-state index contributed by atoms with van der Waals surface area (Å²) in [7, 11) is 0. The van der Waals surface area contributed by atoms with E-state index in [4.69, 9.17) is 10.7 Å².